The van der Waals surface area contributed by atoms with E-state index >= 15 is 0 Å². The van der Waals surface area contributed by atoms with Gasteiger partial charge in [-0.2, -0.15) is 0 Å². The third-order valence-corrected chi connectivity index (χ3v) is 7.35. The van der Waals surface area contributed by atoms with Crippen LogP contribution in [0.25, 0.3) is 0 Å². The van der Waals surface area contributed by atoms with E-state index in [1.165, 1.54) is 6.42 Å². The van der Waals surface area contributed by atoms with Gasteiger partial charge in [-0.25, -0.2) is 0 Å². The molecule has 0 fully saturated rings. The van der Waals surface area contributed by atoms with E-state index in [2.05, 4.69) is 55.4 Å². The molecule has 13 heavy (non-hydrogen) atoms. The average Bonchev–Trinajstić information content (AvgIpc) is 1.80. The molecule has 0 saturated heterocycles. The molecule has 1 atom stereocenters. The van der Waals surface area contributed by atoms with Gasteiger partial charge in [0.05, 0.1) is 8.80 Å². The first-order valence-electron chi connectivity index (χ1n) is 5.48. The molecule has 79 valence electrons. The zero-order valence-corrected chi connectivity index (χ0v) is 11.8. The van der Waals surface area contributed by atoms with Crippen molar-refractivity contribution in [1.82, 2.24) is 0 Å². The third kappa shape index (κ3) is 3.84. The van der Waals surface area contributed by atoms with E-state index < -0.39 is 0 Å². The van der Waals surface area contributed by atoms with E-state index in [0.29, 0.717) is 10.1 Å². The summed E-state index contributed by atoms with van der Waals surface area (Å²) in [6.07, 6.45) is 1.34. The zero-order chi connectivity index (χ0) is 10.9. The second-order valence-corrected chi connectivity index (χ2v) is 11.0. The summed E-state index contributed by atoms with van der Waals surface area (Å²) in [4.78, 5) is 0. The summed E-state index contributed by atoms with van der Waals surface area (Å²) >= 11 is 0. The van der Waals surface area contributed by atoms with Crippen LogP contribution in [0.5, 0.6) is 0 Å². The van der Waals surface area contributed by atoms with Gasteiger partial charge in [-0.05, 0) is 15.6 Å². The maximum absolute atomic E-state index is 2.44. The number of hydrogen-bond donors (Lipinski definition) is 0. The molecule has 1 heteroatoms. The Hall–Kier alpha value is 0.217. The Morgan fingerprint density at radius 3 is 1.31 bits per heavy atom. The predicted octanol–water partition coefficient (Wildman–Crippen LogP) is 4.88. The van der Waals surface area contributed by atoms with E-state index in [1.807, 2.05) is 0 Å². The second-order valence-electron chi connectivity index (χ2n) is 6.22. The molecule has 0 spiro atoms. The van der Waals surface area contributed by atoms with Gasteiger partial charge in [0.15, 0.2) is 0 Å². The maximum atomic E-state index is 2.44. The van der Waals surface area contributed by atoms with Crippen molar-refractivity contribution >= 4 is 8.80 Å². The lowest BCUT2D eigenvalue weighted by Gasteiger charge is -2.42. The van der Waals surface area contributed by atoms with Crippen molar-refractivity contribution in [2.24, 2.45) is 0 Å². The van der Waals surface area contributed by atoms with Crippen LogP contribution in [0, 0.1) is 0 Å². The van der Waals surface area contributed by atoms with Crippen molar-refractivity contribution in [1.29, 1.82) is 0 Å². The molecule has 0 aromatic rings. The normalized spacial score (nSPS) is 16.4. The highest BCUT2D eigenvalue weighted by Crippen LogP contribution is 2.48. The third-order valence-electron chi connectivity index (χ3n) is 2.72. The van der Waals surface area contributed by atoms with Crippen LogP contribution in [0.3, 0.4) is 0 Å². The first-order valence-corrected chi connectivity index (χ1v) is 7.06. The lowest BCUT2D eigenvalue weighted by molar-refractivity contribution is 0.607. The molecule has 0 aliphatic rings. The van der Waals surface area contributed by atoms with Crippen LogP contribution in [-0.2, 0) is 0 Å². The Morgan fingerprint density at radius 2 is 1.23 bits per heavy atom. The smallest absolute Gasteiger partial charge is 0.0625 e. The molecule has 0 amide bonds. The van der Waals surface area contributed by atoms with Crippen LogP contribution in [0.2, 0.25) is 15.6 Å². The topological polar surface area (TPSA) is 0 Å². The van der Waals surface area contributed by atoms with Gasteiger partial charge in [0, 0.05) is 0 Å². The molecule has 0 bridgehead atoms. The summed E-state index contributed by atoms with van der Waals surface area (Å²) in [5, 5.41) is 1.05. The van der Waals surface area contributed by atoms with Gasteiger partial charge < -0.3 is 0 Å². The van der Waals surface area contributed by atoms with Gasteiger partial charge in [-0.3, -0.25) is 0 Å². The quantitative estimate of drug-likeness (QED) is 0.556. The fraction of sp³-hybridized carbons (Fsp3) is 1.00. The van der Waals surface area contributed by atoms with Gasteiger partial charge >= 0.3 is 0 Å². The van der Waals surface area contributed by atoms with Crippen molar-refractivity contribution in [2.45, 2.75) is 77.4 Å². The molecule has 1 unspecified atom stereocenters. The summed E-state index contributed by atoms with van der Waals surface area (Å²) in [7, 11) is -0.304. The molecule has 0 aromatic carbocycles. The largest absolute Gasteiger partial charge is 0.0654 e. The van der Waals surface area contributed by atoms with Crippen molar-refractivity contribution in [3.8, 4) is 0 Å². The lowest BCUT2D eigenvalue weighted by atomic mass is 10.2. The summed E-state index contributed by atoms with van der Waals surface area (Å²) in [6.45, 7) is 19.3. The van der Waals surface area contributed by atoms with Crippen molar-refractivity contribution < 1.29 is 0 Å². The van der Waals surface area contributed by atoms with Gasteiger partial charge in [-0.1, -0.05) is 61.8 Å². The van der Waals surface area contributed by atoms with Crippen LogP contribution in [0.4, 0.5) is 0 Å². The molecule has 0 nitrogen and oxygen atoms in total. The summed E-state index contributed by atoms with van der Waals surface area (Å²) in [5.74, 6) is 0. The average molecular weight is 199 g/mol. The van der Waals surface area contributed by atoms with E-state index in [0.717, 1.165) is 5.54 Å². The number of rotatable bonds is 2. The van der Waals surface area contributed by atoms with Gasteiger partial charge in [0.25, 0.3) is 0 Å². The standard InChI is InChI=1S/C12H27Si/c1-9-10(2)13(11(3,4)5)12(6,7)8/h10H,9H2,1-8H3. The van der Waals surface area contributed by atoms with Crippen molar-refractivity contribution in [3.63, 3.8) is 0 Å². The fourth-order valence-electron chi connectivity index (χ4n) is 2.81. The lowest BCUT2D eigenvalue weighted by Crippen LogP contribution is -2.38. The summed E-state index contributed by atoms with van der Waals surface area (Å²) < 4.78 is 0. The first kappa shape index (κ1) is 13.2. The van der Waals surface area contributed by atoms with Crippen LogP contribution < -0.4 is 0 Å². The molecule has 0 aliphatic heterocycles. The SMILES string of the molecule is CCC(C)[Si](C(C)(C)C)C(C)(C)C. The van der Waals surface area contributed by atoms with Crippen LogP contribution in [0.15, 0.2) is 0 Å². The predicted molar refractivity (Wildman–Crippen MR) is 64.9 cm³/mol. The monoisotopic (exact) mass is 199 g/mol. The fourth-order valence-corrected chi connectivity index (χ4v) is 8.42. The highest BCUT2D eigenvalue weighted by molar-refractivity contribution is 6.66. The van der Waals surface area contributed by atoms with Gasteiger partial charge in [0.2, 0.25) is 0 Å². The Bertz CT molecular complexity index is 133. The molecular weight excluding hydrogens is 172 g/mol. The molecular formula is C12H27Si. The minimum absolute atomic E-state index is 0.304. The zero-order valence-electron chi connectivity index (χ0n) is 10.8. The minimum Gasteiger partial charge on any atom is -0.0654 e. The van der Waals surface area contributed by atoms with E-state index in [9.17, 15) is 0 Å². The molecule has 1 radical (unpaired) electrons. The van der Waals surface area contributed by atoms with Crippen LogP contribution in [-0.4, -0.2) is 8.80 Å². The Morgan fingerprint density at radius 1 is 0.923 bits per heavy atom. The molecule has 0 N–H and O–H groups in total. The number of hydrogen-bond acceptors (Lipinski definition) is 0. The molecule has 0 saturated carbocycles. The van der Waals surface area contributed by atoms with Crippen molar-refractivity contribution in [2.75, 3.05) is 0 Å². The Balaban J connectivity index is 4.78. The highest BCUT2D eigenvalue weighted by Gasteiger charge is 2.39. The van der Waals surface area contributed by atoms with E-state index in [1.54, 1.807) is 0 Å². The van der Waals surface area contributed by atoms with Crippen molar-refractivity contribution in [3.05, 3.63) is 0 Å². The first-order chi connectivity index (χ1) is 5.60. The second kappa shape index (κ2) is 4.16. The minimum atomic E-state index is -0.304. The van der Waals surface area contributed by atoms with Crippen LogP contribution >= 0.6 is 0 Å². The molecule has 0 aromatic heterocycles. The van der Waals surface area contributed by atoms with Gasteiger partial charge in [0.1, 0.15) is 0 Å². The molecule has 0 rings (SSSR count). The summed E-state index contributed by atoms with van der Waals surface area (Å²) in [5.41, 5.74) is 0.921. The van der Waals surface area contributed by atoms with E-state index in [4.69, 9.17) is 0 Å². The highest BCUT2D eigenvalue weighted by atomic mass is 28.3. The maximum Gasteiger partial charge on any atom is 0.0625 e. The van der Waals surface area contributed by atoms with E-state index in [-0.39, 0.29) is 8.80 Å². The Labute approximate surface area is 86.7 Å². The Kier molecular flexibility index (Phi) is 4.23. The summed E-state index contributed by atoms with van der Waals surface area (Å²) in [6, 6.07) is 0. The van der Waals surface area contributed by atoms with Crippen LogP contribution in [0.1, 0.15) is 61.8 Å². The molecule has 0 heterocycles. The van der Waals surface area contributed by atoms with Gasteiger partial charge in [-0.15, -0.1) is 0 Å². The molecule has 0 aliphatic carbocycles.